The molecule has 0 saturated heterocycles. The zero-order valence-electron chi connectivity index (χ0n) is 15.2. The van der Waals surface area contributed by atoms with Gasteiger partial charge in [0.2, 0.25) is 0 Å². The van der Waals surface area contributed by atoms with E-state index in [1.807, 2.05) is 0 Å². The summed E-state index contributed by atoms with van der Waals surface area (Å²) in [7, 11) is 1.57. The van der Waals surface area contributed by atoms with Crippen LogP contribution in [-0.2, 0) is 16.1 Å². The highest BCUT2D eigenvalue weighted by atomic mass is 79.9. The fourth-order valence-electron chi connectivity index (χ4n) is 2.85. The van der Waals surface area contributed by atoms with E-state index >= 15 is 0 Å². The molecule has 1 heterocycles. The molecule has 0 saturated carbocycles. The molecule has 0 aliphatic carbocycles. The molecule has 0 spiro atoms. The van der Waals surface area contributed by atoms with Crippen molar-refractivity contribution in [3.8, 4) is 5.75 Å². The number of esters is 1. The van der Waals surface area contributed by atoms with Crippen LogP contribution in [0.3, 0.4) is 0 Å². The summed E-state index contributed by atoms with van der Waals surface area (Å²) in [6.07, 6.45) is 0. The zero-order chi connectivity index (χ0) is 20.3. The molecule has 2 amide bonds. The maximum Gasteiger partial charge on any atom is 0.338 e. The van der Waals surface area contributed by atoms with Crippen molar-refractivity contribution in [3.63, 3.8) is 0 Å². The van der Waals surface area contributed by atoms with E-state index in [1.165, 1.54) is 18.2 Å². The zero-order valence-corrected chi connectivity index (χ0v) is 16.8. The number of allylic oxidation sites excluding steroid dienone is 1. The molecule has 1 aliphatic heterocycles. The van der Waals surface area contributed by atoms with Crippen LogP contribution in [0.4, 0.5) is 9.18 Å². The summed E-state index contributed by atoms with van der Waals surface area (Å²) in [5, 5.41) is 5.26. The Morgan fingerprint density at radius 1 is 1.21 bits per heavy atom. The van der Waals surface area contributed by atoms with Crippen molar-refractivity contribution in [2.75, 3.05) is 7.11 Å². The summed E-state index contributed by atoms with van der Waals surface area (Å²) in [5.74, 6) is -0.311. The van der Waals surface area contributed by atoms with Gasteiger partial charge in [0.1, 0.15) is 18.2 Å². The van der Waals surface area contributed by atoms with Crippen LogP contribution in [0.15, 0.2) is 58.2 Å². The molecular weight excluding hydrogens is 431 g/mol. The molecule has 0 aromatic heterocycles. The Hall–Kier alpha value is -2.87. The van der Waals surface area contributed by atoms with Crippen LogP contribution in [-0.4, -0.2) is 19.1 Å². The summed E-state index contributed by atoms with van der Waals surface area (Å²) in [6.45, 7) is 1.68. The quantitative estimate of drug-likeness (QED) is 0.678. The number of methoxy groups -OCH3 is 1. The Kier molecular flexibility index (Phi) is 5.99. The summed E-state index contributed by atoms with van der Waals surface area (Å²) in [4.78, 5) is 24.7. The van der Waals surface area contributed by atoms with Gasteiger partial charge < -0.3 is 20.1 Å². The van der Waals surface area contributed by atoms with Gasteiger partial charge in [0.15, 0.2) is 0 Å². The fourth-order valence-corrected chi connectivity index (χ4v) is 3.25. The molecule has 1 aliphatic rings. The SMILES string of the molecule is COc1ccc(COC(=O)C2=C(C)NC(=O)NC2c2ccc(F)c(Br)c2)cc1. The Bertz CT molecular complexity index is 944. The lowest BCUT2D eigenvalue weighted by molar-refractivity contribution is -0.140. The highest BCUT2D eigenvalue weighted by molar-refractivity contribution is 9.10. The third-order valence-corrected chi connectivity index (χ3v) is 4.90. The number of benzene rings is 2. The second-order valence-electron chi connectivity index (χ2n) is 6.17. The van der Waals surface area contributed by atoms with Gasteiger partial charge in [-0.2, -0.15) is 0 Å². The van der Waals surface area contributed by atoms with E-state index in [4.69, 9.17) is 9.47 Å². The van der Waals surface area contributed by atoms with Crippen LogP contribution in [0.25, 0.3) is 0 Å². The van der Waals surface area contributed by atoms with Gasteiger partial charge in [-0.15, -0.1) is 0 Å². The molecule has 1 atom stereocenters. The van der Waals surface area contributed by atoms with Crippen molar-refractivity contribution in [2.45, 2.75) is 19.6 Å². The van der Waals surface area contributed by atoms with Gasteiger partial charge in [0.05, 0.1) is 23.2 Å². The fraction of sp³-hybridized carbons (Fsp3) is 0.200. The van der Waals surface area contributed by atoms with Gasteiger partial charge in [-0.25, -0.2) is 14.0 Å². The molecule has 0 bridgehead atoms. The average Bonchev–Trinajstić information content (AvgIpc) is 2.68. The second-order valence-corrected chi connectivity index (χ2v) is 7.02. The number of carbonyl (C=O) groups excluding carboxylic acids is 2. The standard InChI is InChI=1S/C20H18BrFN2O4/c1-11-17(19(25)28-10-12-3-6-14(27-2)7-4-12)18(24-20(26)23-11)13-5-8-16(22)15(21)9-13/h3-9,18H,10H2,1-2H3,(H2,23,24,26). The molecule has 6 nitrogen and oxygen atoms in total. The van der Waals surface area contributed by atoms with Crippen LogP contribution >= 0.6 is 15.9 Å². The molecule has 146 valence electrons. The summed E-state index contributed by atoms with van der Waals surface area (Å²) in [5.41, 5.74) is 1.99. The van der Waals surface area contributed by atoms with Crippen molar-refractivity contribution < 1.29 is 23.5 Å². The van der Waals surface area contributed by atoms with Gasteiger partial charge in [0.25, 0.3) is 0 Å². The number of urea groups is 1. The highest BCUT2D eigenvalue weighted by Crippen LogP contribution is 2.30. The first-order chi connectivity index (χ1) is 13.4. The van der Waals surface area contributed by atoms with Gasteiger partial charge in [-0.1, -0.05) is 18.2 Å². The van der Waals surface area contributed by atoms with Crippen molar-refractivity contribution in [1.29, 1.82) is 0 Å². The third kappa shape index (κ3) is 4.33. The van der Waals surface area contributed by atoms with E-state index in [0.29, 0.717) is 17.0 Å². The van der Waals surface area contributed by atoms with Crippen LogP contribution < -0.4 is 15.4 Å². The van der Waals surface area contributed by atoms with Crippen molar-refractivity contribution in [1.82, 2.24) is 10.6 Å². The predicted molar refractivity (Wildman–Crippen MR) is 104 cm³/mol. The minimum absolute atomic E-state index is 0.0629. The van der Waals surface area contributed by atoms with E-state index in [2.05, 4.69) is 26.6 Å². The van der Waals surface area contributed by atoms with Gasteiger partial charge in [-0.3, -0.25) is 0 Å². The lowest BCUT2D eigenvalue weighted by Gasteiger charge is -2.28. The number of ether oxygens (including phenoxy) is 2. The molecule has 8 heteroatoms. The number of carbonyl (C=O) groups is 2. The maximum atomic E-state index is 13.6. The third-order valence-electron chi connectivity index (χ3n) is 4.30. The van der Waals surface area contributed by atoms with Crippen molar-refractivity contribution in [3.05, 3.63) is 75.2 Å². The first-order valence-electron chi connectivity index (χ1n) is 8.42. The lowest BCUT2D eigenvalue weighted by Crippen LogP contribution is -2.45. The molecule has 2 N–H and O–H groups in total. The number of amides is 2. The normalized spacial score (nSPS) is 16.3. The average molecular weight is 449 g/mol. The Labute approximate surface area is 169 Å². The number of hydrogen-bond acceptors (Lipinski definition) is 4. The lowest BCUT2D eigenvalue weighted by atomic mass is 9.95. The molecule has 28 heavy (non-hydrogen) atoms. The van der Waals surface area contributed by atoms with Crippen molar-refractivity contribution >= 4 is 27.9 Å². The molecule has 2 aromatic rings. The molecule has 3 rings (SSSR count). The van der Waals surface area contributed by atoms with Crippen LogP contribution in [0.2, 0.25) is 0 Å². The van der Waals surface area contributed by atoms with Crippen LogP contribution in [0, 0.1) is 5.82 Å². The van der Waals surface area contributed by atoms with E-state index in [9.17, 15) is 14.0 Å². The Balaban J connectivity index is 1.82. The summed E-state index contributed by atoms with van der Waals surface area (Å²) >= 11 is 3.13. The minimum atomic E-state index is -0.756. The maximum absolute atomic E-state index is 13.6. The van der Waals surface area contributed by atoms with Gasteiger partial charge in [-0.05, 0) is 58.2 Å². The highest BCUT2D eigenvalue weighted by Gasteiger charge is 2.32. The van der Waals surface area contributed by atoms with E-state index < -0.39 is 23.9 Å². The Morgan fingerprint density at radius 3 is 2.57 bits per heavy atom. The van der Waals surface area contributed by atoms with Gasteiger partial charge in [0, 0.05) is 5.70 Å². The first-order valence-corrected chi connectivity index (χ1v) is 9.21. The van der Waals surface area contributed by atoms with E-state index in [0.717, 1.165) is 5.56 Å². The number of halogens is 2. The van der Waals surface area contributed by atoms with E-state index in [-0.39, 0.29) is 16.7 Å². The predicted octanol–water partition coefficient (Wildman–Crippen LogP) is 3.97. The Morgan fingerprint density at radius 2 is 1.93 bits per heavy atom. The number of nitrogens with one attached hydrogen (secondary N) is 2. The minimum Gasteiger partial charge on any atom is -0.497 e. The van der Waals surface area contributed by atoms with Crippen LogP contribution in [0.5, 0.6) is 5.75 Å². The molecule has 1 unspecified atom stereocenters. The number of hydrogen-bond donors (Lipinski definition) is 2. The monoisotopic (exact) mass is 448 g/mol. The smallest absolute Gasteiger partial charge is 0.338 e. The van der Waals surface area contributed by atoms with Crippen molar-refractivity contribution in [2.24, 2.45) is 0 Å². The largest absolute Gasteiger partial charge is 0.497 e. The first kappa shape index (κ1) is 19.9. The van der Waals surface area contributed by atoms with E-state index in [1.54, 1.807) is 38.3 Å². The molecule has 0 fully saturated rings. The summed E-state index contributed by atoms with van der Waals surface area (Å²) in [6, 6.07) is 10.2. The molecule has 2 aromatic carbocycles. The molecular formula is C20H18BrFN2O4. The second kappa shape index (κ2) is 8.43. The number of rotatable bonds is 5. The van der Waals surface area contributed by atoms with Gasteiger partial charge >= 0.3 is 12.0 Å². The summed E-state index contributed by atoms with van der Waals surface area (Å²) < 4.78 is 24.4. The molecule has 0 radical (unpaired) electrons. The van der Waals surface area contributed by atoms with Crippen LogP contribution in [0.1, 0.15) is 24.1 Å². The topological polar surface area (TPSA) is 76.7 Å².